The van der Waals surface area contributed by atoms with Gasteiger partial charge in [0.1, 0.15) is 0 Å². The largest absolute Gasteiger partial charge is 0.312 e. The Hall–Kier alpha value is 0.180. The summed E-state index contributed by atoms with van der Waals surface area (Å²) in [5.74, 6) is 0.951. The summed E-state index contributed by atoms with van der Waals surface area (Å²) in [4.78, 5) is 0. The first-order chi connectivity index (χ1) is 4.79. The van der Waals surface area contributed by atoms with Crippen molar-refractivity contribution >= 4 is 15.9 Å². The van der Waals surface area contributed by atoms with Gasteiger partial charge in [0.05, 0.1) is 0 Å². The monoisotopic (exact) mass is 203 g/mol. The average Bonchev–Trinajstić information content (AvgIpc) is 1.75. The first kappa shape index (κ1) is 8.28. The van der Waals surface area contributed by atoms with Crippen LogP contribution in [0.2, 0.25) is 0 Å². The SMILES string of the molecule is C=C(Br)CNCC1CCC1. The van der Waals surface area contributed by atoms with Crippen LogP contribution in [-0.2, 0) is 0 Å². The Morgan fingerprint density at radius 3 is 2.70 bits per heavy atom. The third-order valence-electron chi connectivity index (χ3n) is 1.97. The summed E-state index contributed by atoms with van der Waals surface area (Å²) in [7, 11) is 0. The standard InChI is InChI=1S/C8H14BrN/c1-7(9)5-10-6-8-3-2-4-8/h8,10H,1-6H2. The first-order valence-corrected chi connectivity index (χ1v) is 4.62. The molecule has 58 valence electrons. The highest BCUT2D eigenvalue weighted by Crippen LogP contribution is 2.25. The van der Waals surface area contributed by atoms with Gasteiger partial charge in [-0.1, -0.05) is 28.9 Å². The van der Waals surface area contributed by atoms with E-state index in [4.69, 9.17) is 0 Å². The van der Waals surface area contributed by atoms with Crippen LogP contribution in [0.5, 0.6) is 0 Å². The van der Waals surface area contributed by atoms with Gasteiger partial charge < -0.3 is 5.32 Å². The van der Waals surface area contributed by atoms with E-state index in [0.29, 0.717) is 0 Å². The van der Waals surface area contributed by atoms with E-state index >= 15 is 0 Å². The summed E-state index contributed by atoms with van der Waals surface area (Å²) in [6.45, 7) is 5.83. The van der Waals surface area contributed by atoms with Gasteiger partial charge in [-0.15, -0.1) is 0 Å². The quantitative estimate of drug-likeness (QED) is 0.740. The van der Waals surface area contributed by atoms with Crippen LogP contribution in [0.4, 0.5) is 0 Å². The second-order valence-electron chi connectivity index (χ2n) is 2.95. The van der Waals surface area contributed by atoms with Crippen LogP contribution >= 0.6 is 15.9 Å². The van der Waals surface area contributed by atoms with Gasteiger partial charge in [0.25, 0.3) is 0 Å². The number of hydrogen-bond donors (Lipinski definition) is 1. The van der Waals surface area contributed by atoms with Gasteiger partial charge in [-0.05, 0) is 25.3 Å². The van der Waals surface area contributed by atoms with Crippen molar-refractivity contribution in [2.75, 3.05) is 13.1 Å². The number of hydrogen-bond acceptors (Lipinski definition) is 1. The zero-order valence-electron chi connectivity index (χ0n) is 6.20. The second kappa shape index (κ2) is 4.14. The molecule has 1 saturated carbocycles. The van der Waals surface area contributed by atoms with E-state index < -0.39 is 0 Å². The molecule has 0 aromatic carbocycles. The lowest BCUT2D eigenvalue weighted by atomic mass is 9.85. The molecule has 10 heavy (non-hydrogen) atoms. The summed E-state index contributed by atoms with van der Waals surface area (Å²) in [6, 6.07) is 0. The number of halogens is 1. The molecule has 0 spiro atoms. The maximum atomic E-state index is 3.75. The minimum Gasteiger partial charge on any atom is -0.312 e. The molecule has 0 aliphatic heterocycles. The van der Waals surface area contributed by atoms with E-state index in [9.17, 15) is 0 Å². The Morgan fingerprint density at radius 2 is 2.30 bits per heavy atom. The molecule has 1 aliphatic carbocycles. The predicted molar refractivity (Wildman–Crippen MR) is 48.3 cm³/mol. The van der Waals surface area contributed by atoms with Gasteiger partial charge in [0.2, 0.25) is 0 Å². The zero-order valence-corrected chi connectivity index (χ0v) is 7.78. The summed E-state index contributed by atoms with van der Waals surface area (Å²) >= 11 is 3.31. The summed E-state index contributed by atoms with van der Waals surface area (Å²) < 4.78 is 1.05. The van der Waals surface area contributed by atoms with Crippen molar-refractivity contribution in [3.63, 3.8) is 0 Å². The molecule has 1 aliphatic rings. The molecular weight excluding hydrogens is 190 g/mol. The molecule has 0 bridgehead atoms. The molecule has 0 heterocycles. The van der Waals surface area contributed by atoms with Crippen LogP contribution in [0, 0.1) is 5.92 Å². The van der Waals surface area contributed by atoms with E-state index in [-0.39, 0.29) is 0 Å². The smallest absolute Gasteiger partial charge is 0.0265 e. The van der Waals surface area contributed by atoms with Crippen molar-refractivity contribution in [3.05, 3.63) is 11.1 Å². The average molecular weight is 204 g/mol. The van der Waals surface area contributed by atoms with Crippen molar-refractivity contribution in [2.45, 2.75) is 19.3 Å². The van der Waals surface area contributed by atoms with Crippen LogP contribution in [0.25, 0.3) is 0 Å². The Kier molecular flexibility index (Phi) is 3.43. The lowest BCUT2D eigenvalue weighted by molar-refractivity contribution is 0.305. The molecule has 1 fully saturated rings. The Labute approximate surface area is 71.0 Å². The molecule has 1 nitrogen and oxygen atoms in total. The van der Waals surface area contributed by atoms with Gasteiger partial charge in [-0.3, -0.25) is 0 Å². The topological polar surface area (TPSA) is 12.0 Å². The summed E-state index contributed by atoms with van der Waals surface area (Å²) in [6.07, 6.45) is 4.27. The molecule has 1 rings (SSSR count). The van der Waals surface area contributed by atoms with E-state index in [1.807, 2.05) is 0 Å². The fraction of sp³-hybridized carbons (Fsp3) is 0.750. The Bertz CT molecular complexity index is 118. The molecule has 0 aromatic heterocycles. The van der Waals surface area contributed by atoms with Gasteiger partial charge in [-0.25, -0.2) is 0 Å². The minimum atomic E-state index is 0.913. The van der Waals surface area contributed by atoms with Crippen LogP contribution in [-0.4, -0.2) is 13.1 Å². The highest BCUT2D eigenvalue weighted by atomic mass is 79.9. The van der Waals surface area contributed by atoms with Crippen molar-refractivity contribution in [2.24, 2.45) is 5.92 Å². The maximum Gasteiger partial charge on any atom is 0.0265 e. The minimum absolute atomic E-state index is 0.913. The normalized spacial score (nSPS) is 18.5. The van der Waals surface area contributed by atoms with Gasteiger partial charge >= 0.3 is 0 Å². The summed E-state index contributed by atoms with van der Waals surface area (Å²) in [5.41, 5.74) is 0. The zero-order chi connectivity index (χ0) is 7.40. The van der Waals surface area contributed by atoms with E-state index in [1.165, 1.54) is 25.8 Å². The van der Waals surface area contributed by atoms with Crippen LogP contribution in [0.3, 0.4) is 0 Å². The molecule has 0 atom stereocenters. The highest BCUT2D eigenvalue weighted by molar-refractivity contribution is 9.11. The van der Waals surface area contributed by atoms with Crippen molar-refractivity contribution < 1.29 is 0 Å². The van der Waals surface area contributed by atoms with E-state index in [0.717, 1.165) is 16.9 Å². The fourth-order valence-corrected chi connectivity index (χ4v) is 1.31. The lowest BCUT2D eigenvalue weighted by Gasteiger charge is -2.25. The van der Waals surface area contributed by atoms with Gasteiger partial charge in [0, 0.05) is 11.0 Å². The van der Waals surface area contributed by atoms with E-state index in [2.05, 4.69) is 27.8 Å². The molecule has 0 amide bonds. The first-order valence-electron chi connectivity index (χ1n) is 3.83. The molecule has 0 saturated heterocycles. The molecule has 1 N–H and O–H groups in total. The fourth-order valence-electron chi connectivity index (χ4n) is 1.11. The Balaban J connectivity index is 1.89. The number of rotatable bonds is 4. The van der Waals surface area contributed by atoms with Crippen molar-refractivity contribution in [1.82, 2.24) is 5.32 Å². The van der Waals surface area contributed by atoms with Crippen LogP contribution < -0.4 is 5.32 Å². The van der Waals surface area contributed by atoms with Gasteiger partial charge in [-0.2, -0.15) is 0 Å². The maximum absolute atomic E-state index is 3.75. The highest BCUT2D eigenvalue weighted by Gasteiger charge is 2.15. The molecule has 2 heteroatoms. The Morgan fingerprint density at radius 1 is 1.60 bits per heavy atom. The van der Waals surface area contributed by atoms with Crippen molar-refractivity contribution in [1.29, 1.82) is 0 Å². The van der Waals surface area contributed by atoms with Crippen molar-refractivity contribution in [3.8, 4) is 0 Å². The third-order valence-corrected chi connectivity index (χ3v) is 2.25. The molecular formula is C8H14BrN. The second-order valence-corrected chi connectivity index (χ2v) is 4.07. The van der Waals surface area contributed by atoms with Crippen LogP contribution in [0.1, 0.15) is 19.3 Å². The molecule has 0 aromatic rings. The van der Waals surface area contributed by atoms with Crippen LogP contribution in [0.15, 0.2) is 11.1 Å². The lowest BCUT2D eigenvalue weighted by Crippen LogP contribution is -2.27. The van der Waals surface area contributed by atoms with Gasteiger partial charge in [0.15, 0.2) is 0 Å². The molecule has 0 radical (unpaired) electrons. The summed E-state index contributed by atoms with van der Waals surface area (Å²) in [5, 5.41) is 3.34. The third kappa shape index (κ3) is 2.84. The van der Waals surface area contributed by atoms with E-state index in [1.54, 1.807) is 0 Å². The molecule has 0 unspecified atom stereocenters. The number of nitrogens with one attached hydrogen (secondary N) is 1. The predicted octanol–water partition coefficient (Wildman–Crippen LogP) is 2.28.